The van der Waals surface area contributed by atoms with Crippen molar-refractivity contribution in [1.29, 1.82) is 0 Å². The third-order valence-electron chi connectivity index (χ3n) is 2.25. The molecular formula is C7H15O2PS2. The van der Waals surface area contributed by atoms with Crippen molar-refractivity contribution in [3.8, 4) is 0 Å². The molecule has 0 unspecified atom stereocenters. The predicted molar refractivity (Wildman–Crippen MR) is 57.8 cm³/mol. The molecule has 0 saturated heterocycles. The highest BCUT2D eigenvalue weighted by Crippen LogP contribution is 2.60. The third-order valence-corrected chi connectivity index (χ3v) is 6.04. The first-order valence-corrected chi connectivity index (χ1v) is 8.31. The van der Waals surface area contributed by atoms with Gasteiger partial charge in [-0.15, -0.1) is 0 Å². The van der Waals surface area contributed by atoms with Crippen LogP contribution in [-0.4, -0.2) is 14.5 Å². The molecule has 0 atom stereocenters. The monoisotopic (exact) mass is 226 g/mol. The van der Waals surface area contributed by atoms with E-state index in [1.807, 2.05) is 0 Å². The smallest absolute Gasteiger partial charge is 0.242 e. The Kier molecular flexibility index (Phi) is 3.64. The van der Waals surface area contributed by atoms with Gasteiger partial charge < -0.3 is 9.79 Å². The molecule has 2 N–H and O–H groups in total. The molecule has 1 saturated carbocycles. The first kappa shape index (κ1) is 11.0. The molecular weight excluding hydrogens is 211 g/mol. The summed E-state index contributed by atoms with van der Waals surface area (Å²) in [6, 6.07) is 0. The number of hydrogen-bond donors (Lipinski definition) is 2. The Morgan fingerprint density at radius 2 is 1.75 bits per heavy atom. The van der Waals surface area contributed by atoms with Crippen molar-refractivity contribution in [3.05, 3.63) is 0 Å². The van der Waals surface area contributed by atoms with Crippen LogP contribution >= 0.6 is 17.1 Å². The van der Waals surface area contributed by atoms with Crippen LogP contribution in [0.1, 0.15) is 39.0 Å². The van der Waals surface area contributed by atoms with E-state index in [1.165, 1.54) is 30.6 Å². The maximum Gasteiger partial charge on any atom is 0.242 e. The largest absolute Gasteiger partial charge is 0.338 e. The fourth-order valence-corrected chi connectivity index (χ4v) is 6.61. The molecule has 0 bridgehead atoms. The Bertz CT molecular complexity index is 196. The summed E-state index contributed by atoms with van der Waals surface area (Å²) in [7, 11) is 0. The average Bonchev–Trinajstić information content (AvgIpc) is 1.83. The molecule has 1 rings (SSSR count). The van der Waals surface area contributed by atoms with Gasteiger partial charge in [-0.05, 0) is 31.6 Å². The van der Waals surface area contributed by atoms with Crippen LogP contribution in [0, 0.1) is 0 Å². The van der Waals surface area contributed by atoms with E-state index in [1.54, 1.807) is 0 Å². The second-order valence-corrected chi connectivity index (χ2v) is 10.0. The minimum absolute atomic E-state index is 0.0251. The van der Waals surface area contributed by atoms with Gasteiger partial charge in [0.25, 0.3) is 0 Å². The second-order valence-electron chi connectivity index (χ2n) is 3.59. The molecule has 12 heavy (non-hydrogen) atoms. The van der Waals surface area contributed by atoms with Crippen molar-refractivity contribution in [2.75, 3.05) is 0 Å². The molecule has 0 aliphatic heterocycles. The Hall–Kier alpha value is 0.920. The van der Waals surface area contributed by atoms with Crippen LogP contribution in [0.3, 0.4) is 0 Å². The van der Waals surface area contributed by atoms with Crippen LogP contribution < -0.4 is 0 Å². The van der Waals surface area contributed by atoms with Crippen molar-refractivity contribution < 1.29 is 9.79 Å². The molecule has 72 valence electrons. The van der Waals surface area contributed by atoms with Crippen LogP contribution in [0.4, 0.5) is 0 Å². The average molecular weight is 226 g/mol. The minimum Gasteiger partial charge on any atom is -0.338 e. The summed E-state index contributed by atoms with van der Waals surface area (Å²) in [4.78, 5) is 18.4. The molecule has 2 nitrogen and oxygen atoms in total. The summed E-state index contributed by atoms with van der Waals surface area (Å²) in [6.07, 6.45) is 5.79. The Morgan fingerprint density at radius 3 is 2.17 bits per heavy atom. The van der Waals surface area contributed by atoms with Crippen LogP contribution in [0.5, 0.6) is 0 Å². The summed E-state index contributed by atoms with van der Waals surface area (Å²) in [5, 5.41) is 0. The van der Waals surface area contributed by atoms with Gasteiger partial charge in [0.15, 0.2) is 0 Å². The van der Waals surface area contributed by atoms with E-state index < -0.39 is 5.69 Å². The Balaban J connectivity index is 2.53. The lowest BCUT2D eigenvalue weighted by Gasteiger charge is -2.33. The highest BCUT2D eigenvalue weighted by Gasteiger charge is 2.32. The zero-order valence-electron chi connectivity index (χ0n) is 7.19. The van der Waals surface area contributed by atoms with Crippen molar-refractivity contribution >= 4 is 28.9 Å². The van der Waals surface area contributed by atoms with E-state index in [0.717, 1.165) is 12.8 Å². The molecule has 1 aliphatic rings. The van der Waals surface area contributed by atoms with E-state index in [-0.39, 0.29) is 4.75 Å². The molecule has 0 spiro atoms. The van der Waals surface area contributed by atoms with Gasteiger partial charge in [0.1, 0.15) is 0 Å². The molecule has 0 radical (unpaired) electrons. The maximum absolute atomic E-state index is 9.18. The van der Waals surface area contributed by atoms with Crippen molar-refractivity contribution in [2.45, 2.75) is 43.8 Å². The second kappa shape index (κ2) is 3.97. The summed E-state index contributed by atoms with van der Waals surface area (Å²) >= 11 is 5.84. The van der Waals surface area contributed by atoms with Crippen molar-refractivity contribution in [2.24, 2.45) is 0 Å². The van der Waals surface area contributed by atoms with Gasteiger partial charge in [0.2, 0.25) is 5.69 Å². The van der Waals surface area contributed by atoms with E-state index in [0.29, 0.717) is 0 Å². The van der Waals surface area contributed by atoms with Crippen LogP contribution in [-0.2, 0) is 11.8 Å². The number of hydrogen-bond acceptors (Lipinski definition) is 2. The van der Waals surface area contributed by atoms with Gasteiger partial charge in [0.05, 0.1) is 0 Å². The minimum atomic E-state index is -3.05. The zero-order chi connectivity index (χ0) is 9.24. The van der Waals surface area contributed by atoms with Gasteiger partial charge >= 0.3 is 0 Å². The van der Waals surface area contributed by atoms with E-state index in [9.17, 15) is 9.79 Å². The SMILES string of the molecule is CC1(SP(O)(O)=S)CCCCC1. The van der Waals surface area contributed by atoms with Crippen LogP contribution in [0.2, 0.25) is 0 Å². The summed E-state index contributed by atoms with van der Waals surface area (Å²) < 4.78 is 0.0251. The first-order chi connectivity index (χ1) is 5.41. The quantitative estimate of drug-likeness (QED) is 0.710. The fourth-order valence-electron chi connectivity index (χ4n) is 1.68. The molecule has 0 aromatic rings. The van der Waals surface area contributed by atoms with E-state index in [2.05, 4.69) is 18.7 Å². The van der Waals surface area contributed by atoms with E-state index >= 15 is 0 Å². The molecule has 0 aromatic heterocycles. The van der Waals surface area contributed by atoms with Crippen LogP contribution in [0.15, 0.2) is 0 Å². The maximum atomic E-state index is 9.18. The van der Waals surface area contributed by atoms with Crippen molar-refractivity contribution in [3.63, 3.8) is 0 Å². The Labute approximate surface area is 82.7 Å². The summed E-state index contributed by atoms with van der Waals surface area (Å²) in [6.45, 7) is 2.09. The van der Waals surface area contributed by atoms with Gasteiger partial charge in [-0.2, -0.15) is 0 Å². The molecule has 1 fully saturated rings. The fraction of sp³-hybridized carbons (Fsp3) is 1.00. The lowest BCUT2D eigenvalue weighted by Crippen LogP contribution is -2.22. The molecule has 0 aromatic carbocycles. The standard InChI is InChI=1S/C7H15O2PS2/c1-7(12-10(8,9)11)5-3-2-4-6-7/h2-6H2,1H3,(H2,8,9,11). The molecule has 0 heterocycles. The van der Waals surface area contributed by atoms with Gasteiger partial charge in [0, 0.05) is 4.75 Å². The van der Waals surface area contributed by atoms with Gasteiger partial charge in [-0.1, -0.05) is 30.6 Å². The van der Waals surface area contributed by atoms with Gasteiger partial charge in [-0.25, -0.2) is 0 Å². The lowest BCUT2D eigenvalue weighted by molar-refractivity contribution is 0.421. The molecule has 1 aliphatic carbocycles. The topological polar surface area (TPSA) is 40.5 Å². The zero-order valence-corrected chi connectivity index (χ0v) is 9.72. The summed E-state index contributed by atoms with van der Waals surface area (Å²) in [5.41, 5.74) is -3.05. The Morgan fingerprint density at radius 1 is 1.25 bits per heavy atom. The highest BCUT2D eigenvalue weighted by atomic mass is 32.9. The highest BCUT2D eigenvalue weighted by molar-refractivity contribution is 8.67. The predicted octanol–water partition coefficient (Wildman–Crippen LogP) is 2.65. The molecule has 0 amide bonds. The number of rotatable bonds is 2. The van der Waals surface area contributed by atoms with Crippen LogP contribution in [0.25, 0.3) is 0 Å². The third kappa shape index (κ3) is 3.75. The first-order valence-electron chi connectivity index (χ1n) is 4.18. The van der Waals surface area contributed by atoms with Crippen molar-refractivity contribution in [1.82, 2.24) is 0 Å². The van der Waals surface area contributed by atoms with Gasteiger partial charge in [-0.3, -0.25) is 0 Å². The summed E-state index contributed by atoms with van der Waals surface area (Å²) in [5.74, 6) is 0. The molecule has 5 heteroatoms. The normalized spacial score (nSPS) is 23.9. The van der Waals surface area contributed by atoms with E-state index in [4.69, 9.17) is 0 Å². The lowest BCUT2D eigenvalue weighted by atomic mass is 9.90.